The highest BCUT2D eigenvalue weighted by atomic mass is 19.1. The molecule has 1 aromatic carbocycles. The van der Waals surface area contributed by atoms with E-state index in [9.17, 15) is 13.6 Å². The van der Waals surface area contributed by atoms with E-state index in [0.717, 1.165) is 6.07 Å². The third kappa shape index (κ3) is 2.26. The van der Waals surface area contributed by atoms with E-state index in [4.69, 9.17) is 14.6 Å². The van der Waals surface area contributed by atoms with Gasteiger partial charge >= 0.3 is 5.97 Å². The Balaban J connectivity index is 2.28. The molecule has 0 aromatic heterocycles. The molecule has 1 aliphatic heterocycles. The third-order valence-corrected chi connectivity index (χ3v) is 3.22. The summed E-state index contributed by atoms with van der Waals surface area (Å²) in [6.45, 7) is 0.475. The Labute approximate surface area is 108 Å². The lowest BCUT2D eigenvalue weighted by atomic mass is 10.0. The topological polar surface area (TPSA) is 59.0 Å². The molecule has 1 N–H and O–H groups in total. The van der Waals surface area contributed by atoms with Crippen LogP contribution in [-0.4, -0.2) is 44.2 Å². The van der Waals surface area contributed by atoms with E-state index >= 15 is 0 Å². The fourth-order valence-corrected chi connectivity index (χ4v) is 1.99. The zero-order valence-electron chi connectivity index (χ0n) is 10.4. The summed E-state index contributed by atoms with van der Waals surface area (Å²) in [5, 5.41) is 8.82. The van der Waals surface area contributed by atoms with Crippen molar-refractivity contribution in [2.24, 2.45) is 0 Å². The van der Waals surface area contributed by atoms with E-state index in [2.05, 4.69) is 0 Å². The van der Waals surface area contributed by atoms with Crippen molar-refractivity contribution in [3.05, 3.63) is 29.3 Å². The number of carboxylic acids is 1. The van der Waals surface area contributed by atoms with Gasteiger partial charge in [-0.25, -0.2) is 13.6 Å². The van der Waals surface area contributed by atoms with Gasteiger partial charge in [-0.3, -0.25) is 0 Å². The minimum absolute atomic E-state index is 0.0172. The molecule has 0 spiro atoms. The van der Waals surface area contributed by atoms with Gasteiger partial charge in [-0.05, 0) is 6.07 Å². The molecule has 0 amide bonds. The highest BCUT2D eigenvalue weighted by Gasteiger charge is 2.45. The number of hydrogen-bond acceptors (Lipinski definition) is 4. The Bertz CT molecular complexity index is 509. The van der Waals surface area contributed by atoms with E-state index < -0.39 is 29.0 Å². The number of carboxylic acid groups (broad SMARTS) is 1. The first kappa shape index (κ1) is 13.7. The van der Waals surface area contributed by atoms with Crippen LogP contribution in [-0.2, 0) is 9.47 Å². The van der Waals surface area contributed by atoms with Gasteiger partial charge in [0.05, 0.1) is 24.3 Å². The van der Waals surface area contributed by atoms with Gasteiger partial charge in [0.15, 0.2) is 0 Å². The summed E-state index contributed by atoms with van der Waals surface area (Å²) in [5.41, 5.74) is -0.549. The number of anilines is 1. The molecule has 5 nitrogen and oxygen atoms in total. The summed E-state index contributed by atoms with van der Waals surface area (Å²) in [5.74, 6) is -4.18. The standard InChI is InChI=1S/C12H13F2NO4/c1-18-12(19-2)5-15(6-12)10-3-7(11(16)17)8(13)4-9(10)14/h3-4H,5-6H2,1-2H3,(H,16,17). The molecule has 0 radical (unpaired) electrons. The molecule has 104 valence electrons. The van der Waals surface area contributed by atoms with Crippen molar-refractivity contribution >= 4 is 11.7 Å². The average Bonchev–Trinajstić information content (AvgIpc) is 2.30. The zero-order valence-corrected chi connectivity index (χ0v) is 10.4. The van der Waals surface area contributed by atoms with Crippen LogP contribution in [0.25, 0.3) is 0 Å². The van der Waals surface area contributed by atoms with Gasteiger partial charge in [0.25, 0.3) is 0 Å². The van der Waals surface area contributed by atoms with Gasteiger partial charge in [-0.15, -0.1) is 0 Å². The van der Waals surface area contributed by atoms with E-state index in [0.29, 0.717) is 6.07 Å². The van der Waals surface area contributed by atoms with Crippen molar-refractivity contribution in [2.45, 2.75) is 5.79 Å². The van der Waals surface area contributed by atoms with E-state index in [1.54, 1.807) is 0 Å². The number of carbonyl (C=O) groups is 1. The predicted octanol–water partition coefficient (Wildman–Crippen LogP) is 1.47. The minimum atomic E-state index is -1.44. The van der Waals surface area contributed by atoms with Crippen LogP contribution in [0.15, 0.2) is 12.1 Å². The van der Waals surface area contributed by atoms with Crippen LogP contribution in [0.3, 0.4) is 0 Å². The predicted molar refractivity (Wildman–Crippen MR) is 62.3 cm³/mol. The first-order valence-corrected chi connectivity index (χ1v) is 5.50. The third-order valence-electron chi connectivity index (χ3n) is 3.22. The Morgan fingerprint density at radius 3 is 2.32 bits per heavy atom. The van der Waals surface area contributed by atoms with Crippen molar-refractivity contribution < 1.29 is 28.2 Å². The normalized spacial score (nSPS) is 17.2. The quantitative estimate of drug-likeness (QED) is 0.842. The van der Waals surface area contributed by atoms with Crippen LogP contribution in [0.4, 0.5) is 14.5 Å². The van der Waals surface area contributed by atoms with Crippen LogP contribution < -0.4 is 4.90 Å². The molecule has 2 rings (SSSR count). The van der Waals surface area contributed by atoms with Gasteiger partial charge in [0, 0.05) is 20.3 Å². The number of nitrogens with zero attached hydrogens (tertiary/aromatic N) is 1. The molecule has 0 bridgehead atoms. The smallest absolute Gasteiger partial charge is 0.338 e. The van der Waals surface area contributed by atoms with Crippen molar-refractivity contribution in [1.82, 2.24) is 0 Å². The van der Waals surface area contributed by atoms with Crippen LogP contribution in [0.5, 0.6) is 0 Å². The molecule has 1 heterocycles. The molecule has 1 saturated heterocycles. The Morgan fingerprint density at radius 2 is 1.84 bits per heavy atom. The maximum atomic E-state index is 13.7. The van der Waals surface area contributed by atoms with Gasteiger partial charge in [-0.2, -0.15) is 0 Å². The number of ether oxygens (including phenoxy) is 2. The molecule has 1 fully saturated rings. The summed E-state index contributed by atoms with van der Waals surface area (Å²) in [6.07, 6.45) is 0. The first-order valence-electron chi connectivity index (χ1n) is 5.50. The lowest BCUT2D eigenvalue weighted by Crippen LogP contribution is -2.64. The lowest BCUT2D eigenvalue weighted by Gasteiger charge is -2.48. The van der Waals surface area contributed by atoms with Crippen LogP contribution in [0, 0.1) is 11.6 Å². The molecule has 0 atom stereocenters. The highest BCUT2D eigenvalue weighted by Crippen LogP contribution is 2.33. The molecule has 19 heavy (non-hydrogen) atoms. The summed E-state index contributed by atoms with van der Waals surface area (Å²) >= 11 is 0. The second-order valence-electron chi connectivity index (χ2n) is 4.26. The first-order chi connectivity index (χ1) is 8.92. The van der Waals surface area contributed by atoms with Crippen LogP contribution >= 0.6 is 0 Å². The average molecular weight is 273 g/mol. The minimum Gasteiger partial charge on any atom is -0.478 e. The Kier molecular flexibility index (Phi) is 3.42. The number of hydrogen-bond donors (Lipinski definition) is 1. The maximum Gasteiger partial charge on any atom is 0.338 e. The zero-order chi connectivity index (χ0) is 14.2. The monoisotopic (exact) mass is 273 g/mol. The van der Waals surface area contributed by atoms with Gasteiger partial charge in [-0.1, -0.05) is 0 Å². The van der Waals surface area contributed by atoms with Crippen molar-refractivity contribution in [1.29, 1.82) is 0 Å². The fraction of sp³-hybridized carbons (Fsp3) is 0.417. The maximum absolute atomic E-state index is 13.7. The molecule has 1 aromatic rings. The molecular formula is C12H13F2NO4. The number of rotatable bonds is 4. The van der Waals surface area contributed by atoms with E-state index in [1.165, 1.54) is 19.1 Å². The highest BCUT2D eigenvalue weighted by molar-refractivity contribution is 5.89. The molecule has 0 saturated carbocycles. The number of aromatic carboxylic acids is 1. The van der Waals surface area contributed by atoms with Gasteiger partial charge in [0.1, 0.15) is 11.6 Å². The Morgan fingerprint density at radius 1 is 1.26 bits per heavy atom. The van der Waals surface area contributed by atoms with Crippen molar-refractivity contribution in [2.75, 3.05) is 32.2 Å². The van der Waals surface area contributed by atoms with E-state index in [-0.39, 0.29) is 18.8 Å². The summed E-state index contributed by atoms with van der Waals surface area (Å²) < 4.78 is 37.2. The summed E-state index contributed by atoms with van der Waals surface area (Å²) in [7, 11) is 2.93. The van der Waals surface area contributed by atoms with Gasteiger partial charge < -0.3 is 19.5 Å². The number of benzene rings is 1. The van der Waals surface area contributed by atoms with Crippen molar-refractivity contribution in [3.63, 3.8) is 0 Å². The number of halogens is 2. The largest absolute Gasteiger partial charge is 0.478 e. The molecule has 0 unspecified atom stereocenters. The second kappa shape index (κ2) is 4.75. The lowest BCUT2D eigenvalue weighted by molar-refractivity contribution is -0.219. The van der Waals surface area contributed by atoms with E-state index in [1.807, 2.05) is 0 Å². The summed E-state index contributed by atoms with van der Waals surface area (Å²) in [4.78, 5) is 12.3. The fourth-order valence-electron chi connectivity index (χ4n) is 1.99. The number of methoxy groups -OCH3 is 2. The van der Waals surface area contributed by atoms with Crippen LogP contribution in [0.2, 0.25) is 0 Å². The Hall–Kier alpha value is -1.73. The van der Waals surface area contributed by atoms with Crippen LogP contribution in [0.1, 0.15) is 10.4 Å². The van der Waals surface area contributed by atoms with Gasteiger partial charge in [0.2, 0.25) is 5.79 Å². The second-order valence-corrected chi connectivity index (χ2v) is 4.26. The molecule has 7 heteroatoms. The summed E-state index contributed by atoms with van der Waals surface area (Å²) in [6, 6.07) is 1.54. The molecule has 0 aliphatic carbocycles. The van der Waals surface area contributed by atoms with Crippen molar-refractivity contribution in [3.8, 4) is 0 Å². The molecule has 1 aliphatic rings. The molecular weight excluding hydrogens is 260 g/mol. The SMILES string of the molecule is COC1(OC)CN(c2cc(C(=O)O)c(F)cc2F)C1.